The van der Waals surface area contributed by atoms with Crippen LogP contribution in [0.3, 0.4) is 0 Å². The minimum Gasteiger partial charge on any atom is -0.392 e. The molecule has 1 aromatic carbocycles. The first-order valence-electron chi connectivity index (χ1n) is 7.50. The molecule has 2 aliphatic rings. The van der Waals surface area contributed by atoms with E-state index in [1.807, 2.05) is 0 Å². The summed E-state index contributed by atoms with van der Waals surface area (Å²) in [6, 6.07) is 8.93. The second-order valence-electron chi connectivity index (χ2n) is 6.12. The molecule has 0 radical (unpaired) electrons. The highest BCUT2D eigenvalue weighted by Gasteiger charge is 2.59. The molecule has 3 atom stereocenters. The zero-order valence-electron chi connectivity index (χ0n) is 11.5. The molecule has 1 aromatic rings. The number of hydrogen-bond acceptors (Lipinski definition) is 1. The lowest BCUT2D eigenvalue weighted by Gasteiger charge is -2.59. The molecule has 1 heteroatoms. The topological polar surface area (TPSA) is 20.2 Å². The molecule has 0 bridgehead atoms. The predicted octanol–water partition coefficient (Wildman–Crippen LogP) is 3.90. The first kappa shape index (κ1) is 12.2. The van der Waals surface area contributed by atoms with Gasteiger partial charge in [-0.1, -0.05) is 38.1 Å². The SMILES string of the molecule is CCC1(CC)C(O)C2CCCc3ccccc3C21. The molecule has 1 nitrogen and oxygen atoms in total. The Hall–Kier alpha value is -0.820. The van der Waals surface area contributed by atoms with Gasteiger partial charge in [-0.2, -0.15) is 0 Å². The largest absolute Gasteiger partial charge is 0.392 e. The monoisotopic (exact) mass is 244 g/mol. The normalized spacial score (nSPS) is 32.9. The second kappa shape index (κ2) is 4.38. The summed E-state index contributed by atoms with van der Waals surface area (Å²) >= 11 is 0. The Kier molecular flexibility index (Phi) is 2.97. The Balaban J connectivity index is 2.07. The van der Waals surface area contributed by atoms with E-state index in [4.69, 9.17) is 0 Å². The molecule has 3 rings (SSSR count). The third kappa shape index (κ3) is 1.43. The number of hydrogen-bond donors (Lipinski definition) is 1. The molecule has 1 fully saturated rings. The summed E-state index contributed by atoms with van der Waals surface area (Å²) in [7, 11) is 0. The van der Waals surface area contributed by atoms with Crippen molar-refractivity contribution in [2.45, 2.75) is 58.0 Å². The molecule has 98 valence electrons. The fourth-order valence-electron chi connectivity index (χ4n) is 4.67. The number of fused-ring (bicyclic) bond motifs is 3. The van der Waals surface area contributed by atoms with Gasteiger partial charge in [0.25, 0.3) is 0 Å². The van der Waals surface area contributed by atoms with Crippen molar-refractivity contribution in [3.05, 3.63) is 35.4 Å². The van der Waals surface area contributed by atoms with Crippen LogP contribution in [-0.4, -0.2) is 11.2 Å². The van der Waals surface area contributed by atoms with E-state index in [-0.39, 0.29) is 11.5 Å². The van der Waals surface area contributed by atoms with Crippen LogP contribution in [0.1, 0.15) is 56.6 Å². The zero-order valence-corrected chi connectivity index (χ0v) is 11.5. The Morgan fingerprint density at radius 2 is 1.94 bits per heavy atom. The molecule has 2 aliphatic carbocycles. The van der Waals surface area contributed by atoms with Crippen LogP contribution in [0.4, 0.5) is 0 Å². The van der Waals surface area contributed by atoms with Crippen LogP contribution in [0.25, 0.3) is 0 Å². The first-order chi connectivity index (χ1) is 8.74. The summed E-state index contributed by atoms with van der Waals surface area (Å²) in [6.07, 6.45) is 5.74. The molecule has 1 saturated carbocycles. The van der Waals surface area contributed by atoms with Crippen LogP contribution in [0, 0.1) is 11.3 Å². The molecule has 0 amide bonds. The van der Waals surface area contributed by atoms with Crippen LogP contribution in [0.5, 0.6) is 0 Å². The van der Waals surface area contributed by atoms with Gasteiger partial charge in [0.1, 0.15) is 0 Å². The highest BCUT2D eigenvalue weighted by molar-refractivity contribution is 5.38. The van der Waals surface area contributed by atoms with Crippen LogP contribution in [0.2, 0.25) is 0 Å². The minimum absolute atomic E-state index is 0.0799. The van der Waals surface area contributed by atoms with Gasteiger partial charge in [0, 0.05) is 5.41 Å². The van der Waals surface area contributed by atoms with E-state index in [0.29, 0.717) is 11.8 Å². The Morgan fingerprint density at radius 1 is 1.22 bits per heavy atom. The molecule has 0 heterocycles. The third-order valence-electron chi connectivity index (χ3n) is 5.73. The van der Waals surface area contributed by atoms with Crippen molar-refractivity contribution in [1.29, 1.82) is 0 Å². The van der Waals surface area contributed by atoms with E-state index in [9.17, 15) is 5.11 Å². The van der Waals surface area contributed by atoms with Crippen molar-refractivity contribution in [1.82, 2.24) is 0 Å². The number of aliphatic hydroxyl groups excluding tert-OH is 1. The lowest BCUT2D eigenvalue weighted by atomic mass is 9.47. The fourth-order valence-corrected chi connectivity index (χ4v) is 4.67. The molecular weight excluding hydrogens is 220 g/mol. The van der Waals surface area contributed by atoms with E-state index in [2.05, 4.69) is 38.1 Å². The fraction of sp³-hybridized carbons (Fsp3) is 0.647. The maximum Gasteiger partial charge on any atom is 0.0636 e. The first-order valence-corrected chi connectivity index (χ1v) is 7.50. The van der Waals surface area contributed by atoms with Crippen molar-refractivity contribution >= 4 is 0 Å². The standard InChI is InChI=1S/C17H24O/c1-3-17(4-2)15-13-10-6-5-8-12(13)9-7-11-14(15)16(17)18/h5-6,8,10,14-16,18H,3-4,7,9,11H2,1-2H3. The molecule has 0 spiro atoms. The van der Waals surface area contributed by atoms with E-state index in [1.54, 1.807) is 0 Å². The van der Waals surface area contributed by atoms with Gasteiger partial charge in [0.2, 0.25) is 0 Å². The Bertz CT molecular complexity index is 433. The van der Waals surface area contributed by atoms with Gasteiger partial charge >= 0.3 is 0 Å². The van der Waals surface area contributed by atoms with Crippen LogP contribution < -0.4 is 0 Å². The number of aliphatic hydroxyl groups is 1. The third-order valence-corrected chi connectivity index (χ3v) is 5.73. The van der Waals surface area contributed by atoms with E-state index in [0.717, 1.165) is 12.8 Å². The number of aryl methyl sites for hydroxylation is 1. The van der Waals surface area contributed by atoms with Gasteiger partial charge in [0.15, 0.2) is 0 Å². The van der Waals surface area contributed by atoms with E-state index >= 15 is 0 Å². The molecule has 3 unspecified atom stereocenters. The molecule has 0 aromatic heterocycles. The Morgan fingerprint density at radius 3 is 2.67 bits per heavy atom. The molecule has 0 saturated heterocycles. The van der Waals surface area contributed by atoms with Crippen molar-refractivity contribution in [2.24, 2.45) is 11.3 Å². The smallest absolute Gasteiger partial charge is 0.0636 e. The summed E-state index contributed by atoms with van der Waals surface area (Å²) < 4.78 is 0. The van der Waals surface area contributed by atoms with Crippen LogP contribution in [-0.2, 0) is 6.42 Å². The summed E-state index contributed by atoms with van der Waals surface area (Å²) in [4.78, 5) is 0. The quantitative estimate of drug-likeness (QED) is 0.836. The van der Waals surface area contributed by atoms with E-state index < -0.39 is 0 Å². The average molecular weight is 244 g/mol. The van der Waals surface area contributed by atoms with Crippen LogP contribution >= 0.6 is 0 Å². The maximum atomic E-state index is 10.6. The summed E-state index contributed by atoms with van der Waals surface area (Å²) in [5.74, 6) is 1.11. The predicted molar refractivity (Wildman–Crippen MR) is 74.6 cm³/mol. The van der Waals surface area contributed by atoms with Gasteiger partial charge in [-0.3, -0.25) is 0 Å². The highest BCUT2D eigenvalue weighted by atomic mass is 16.3. The van der Waals surface area contributed by atoms with Gasteiger partial charge in [-0.05, 0) is 55.1 Å². The second-order valence-corrected chi connectivity index (χ2v) is 6.12. The molecular formula is C17H24O. The number of rotatable bonds is 2. The van der Waals surface area contributed by atoms with Crippen LogP contribution in [0.15, 0.2) is 24.3 Å². The minimum atomic E-state index is -0.0799. The number of benzene rings is 1. The Labute approximate surface area is 110 Å². The van der Waals surface area contributed by atoms with Crippen molar-refractivity contribution in [3.63, 3.8) is 0 Å². The average Bonchev–Trinajstić information content (AvgIpc) is 2.58. The van der Waals surface area contributed by atoms with Gasteiger partial charge < -0.3 is 5.11 Å². The molecule has 18 heavy (non-hydrogen) atoms. The zero-order chi connectivity index (χ0) is 12.8. The maximum absolute atomic E-state index is 10.6. The lowest BCUT2D eigenvalue weighted by molar-refractivity contribution is -0.151. The van der Waals surface area contributed by atoms with Gasteiger partial charge in [-0.25, -0.2) is 0 Å². The summed E-state index contributed by atoms with van der Waals surface area (Å²) in [6.45, 7) is 4.49. The summed E-state index contributed by atoms with van der Waals surface area (Å²) in [5.41, 5.74) is 3.21. The summed E-state index contributed by atoms with van der Waals surface area (Å²) in [5, 5.41) is 10.6. The van der Waals surface area contributed by atoms with Crippen molar-refractivity contribution < 1.29 is 5.11 Å². The molecule has 0 aliphatic heterocycles. The van der Waals surface area contributed by atoms with E-state index in [1.165, 1.54) is 30.4 Å². The van der Waals surface area contributed by atoms with Gasteiger partial charge in [-0.15, -0.1) is 0 Å². The highest BCUT2D eigenvalue weighted by Crippen LogP contribution is 2.63. The van der Waals surface area contributed by atoms with Crippen molar-refractivity contribution in [2.75, 3.05) is 0 Å². The molecule has 1 N–H and O–H groups in total. The van der Waals surface area contributed by atoms with Gasteiger partial charge in [0.05, 0.1) is 6.10 Å². The van der Waals surface area contributed by atoms with Crippen molar-refractivity contribution in [3.8, 4) is 0 Å². The lowest BCUT2D eigenvalue weighted by Crippen LogP contribution is -2.58.